The molecule has 9 heteroatoms. The number of H-pyrrole nitrogens is 1. The van der Waals surface area contributed by atoms with E-state index in [0.29, 0.717) is 23.8 Å². The zero-order chi connectivity index (χ0) is 23.7. The molecule has 0 aliphatic carbocycles. The van der Waals surface area contributed by atoms with Gasteiger partial charge in [-0.05, 0) is 36.9 Å². The van der Waals surface area contributed by atoms with E-state index in [2.05, 4.69) is 46.5 Å². The second-order valence-corrected chi connectivity index (χ2v) is 9.98. The van der Waals surface area contributed by atoms with Crippen LogP contribution in [0.1, 0.15) is 45.9 Å². The van der Waals surface area contributed by atoms with E-state index in [4.69, 9.17) is 0 Å². The van der Waals surface area contributed by atoms with E-state index in [1.807, 2.05) is 39.4 Å². The van der Waals surface area contributed by atoms with Gasteiger partial charge in [-0.3, -0.25) is 9.89 Å². The Balaban J connectivity index is 1.35. The summed E-state index contributed by atoms with van der Waals surface area (Å²) in [5, 5.41) is 12.3. The number of piperazine rings is 1. The number of aromatic nitrogens is 2. The maximum atomic E-state index is 13.9. The Bertz CT molecular complexity index is 1150. The summed E-state index contributed by atoms with van der Waals surface area (Å²) in [5.41, 5.74) is 3.06. The van der Waals surface area contributed by atoms with E-state index < -0.39 is 0 Å². The van der Waals surface area contributed by atoms with Gasteiger partial charge in [-0.1, -0.05) is 43.3 Å². The molecule has 2 atom stereocenters. The molecule has 2 N–H and O–H groups in total. The second kappa shape index (κ2) is 9.60. The third-order valence-corrected chi connectivity index (χ3v) is 7.66. The van der Waals surface area contributed by atoms with E-state index >= 15 is 0 Å². The molecule has 2 aliphatic rings. The Morgan fingerprint density at radius 2 is 1.97 bits per heavy atom. The number of rotatable bonds is 5. The van der Waals surface area contributed by atoms with Gasteiger partial charge < -0.3 is 20.0 Å². The maximum absolute atomic E-state index is 13.9. The fourth-order valence-corrected chi connectivity index (χ4v) is 5.66. The number of amides is 3. The molecule has 0 spiro atoms. The van der Waals surface area contributed by atoms with Crippen molar-refractivity contribution in [3.05, 3.63) is 69.5 Å². The lowest BCUT2D eigenvalue weighted by Crippen LogP contribution is -2.57. The predicted octanol–water partition coefficient (Wildman–Crippen LogP) is 3.97. The topological polar surface area (TPSA) is 84.6 Å². The van der Waals surface area contributed by atoms with Gasteiger partial charge in [0.1, 0.15) is 0 Å². The van der Waals surface area contributed by atoms with Gasteiger partial charge in [0.15, 0.2) is 5.82 Å². The quantitative estimate of drug-likeness (QED) is 0.581. The van der Waals surface area contributed by atoms with Crippen molar-refractivity contribution in [2.24, 2.45) is 0 Å². The molecule has 4 heterocycles. The lowest BCUT2D eigenvalue weighted by Gasteiger charge is -2.42. The molecule has 1 aromatic carbocycles. The summed E-state index contributed by atoms with van der Waals surface area (Å²) in [5.74, 6) is 0.338. The Labute approximate surface area is 203 Å². The standard InChI is InChI=1S/C25H30N6O2S/c1-3-20-22-19(23(28-27-22)26-24(32)21-10-7-13-34-21)16-31(20)25(33)30-12-11-29(2)15-18(30)14-17-8-5-4-6-9-17/h4-10,13,18,20H,3,11-12,14-16H2,1-2H3,(H2,26,27,28,32). The fourth-order valence-electron chi connectivity index (χ4n) is 5.04. The van der Waals surface area contributed by atoms with E-state index in [9.17, 15) is 9.59 Å². The maximum Gasteiger partial charge on any atom is 0.321 e. The van der Waals surface area contributed by atoms with Gasteiger partial charge in [0.2, 0.25) is 0 Å². The molecular weight excluding hydrogens is 448 g/mol. The zero-order valence-corrected chi connectivity index (χ0v) is 20.3. The van der Waals surface area contributed by atoms with Crippen molar-refractivity contribution >= 4 is 29.1 Å². The van der Waals surface area contributed by atoms with Crippen LogP contribution in [0, 0.1) is 0 Å². The molecule has 1 saturated heterocycles. The fraction of sp³-hybridized carbons (Fsp3) is 0.400. The molecule has 3 amide bonds. The lowest BCUT2D eigenvalue weighted by atomic mass is 10.0. The van der Waals surface area contributed by atoms with E-state index in [1.54, 1.807) is 6.07 Å². The molecule has 3 aromatic rings. The summed E-state index contributed by atoms with van der Waals surface area (Å²) >= 11 is 1.39. The van der Waals surface area contributed by atoms with E-state index in [-0.39, 0.29) is 24.0 Å². The van der Waals surface area contributed by atoms with Crippen molar-refractivity contribution in [2.45, 2.75) is 38.4 Å². The van der Waals surface area contributed by atoms with Gasteiger partial charge in [-0.2, -0.15) is 5.10 Å². The zero-order valence-electron chi connectivity index (χ0n) is 19.5. The van der Waals surface area contributed by atoms with Crippen molar-refractivity contribution in [1.82, 2.24) is 24.9 Å². The van der Waals surface area contributed by atoms with Crippen molar-refractivity contribution in [2.75, 3.05) is 32.0 Å². The van der Waals surface area contributed by atoms with Gasteiger partial charge in [-0.15, -0.1) is 11.3 Å². The number of nitrogens with one attached hydrogen (secondary N) is 2. The number of likely N-dealkylation sites (N-methyl/N-ethyl adjacent to an activating group) is 1. The van der Waals surface area contributed by atoms with Crippen LogP contribution in [0.2, 0.25) is 0 Å². The molecule has 0 radical (unpaired) electrons. The number of hydrogen-bond donors (Lipinski definition) is 2. The van der Waals surface area contributed by atoms with Gasteiger partial charge in [0.05, 0.1) is 29.2 Å². The van der Waals surface area contributed by atoms with Crippen LogP contribution in [0.4, 0.5) is 10.6 Å². The first-order valence-corrected chi connectivity index (χ1v) is 12.6. The molecule has 2 aliphatic heterocycles. The van der Waals surface area contributed by atoms with Crippen LogP contribution >= 0.6 is 11.3 Å². The number of fused-ring (bicyclic) bond motifs is 1. The molecule has 5 rings (SSSR count). The summed E-state index contributed by atoms with van der Waals surface area (Å²) in [6.45, 7) is 4.93. The van der Waals surface area contributed by atoms with E-state index in [1.165, 1.54) is 16.9 Å². The number of thiophene rings is 1. The third-order valence-electron chi connectivity index (χ3n) is 6.79. The lowest BCUT2D eigenvalue weighted by molar-refractivity contribution is 0.0758. The van der Waals surface area contributed by atoms with Gasteiger partial charge in [-0.25, -0.2) is 4.79 Å². The van der Waals surface area contributed by atoms with Crippen LogP contribution in [0.25, 0.3) is 0 Å². The minimum Gasteiger partial charge on any atom is -0.319 e. The highest BCUT2D eigenvalue weighted by Crippen LogP contribution is 2.39. The number of hydrogen-bond acceptors (Lipinski definition) is 5. The normalized spacial score (nSPS) is 20.4. The van der Waals surface area contributed by atoms with Crippen LogP contribution in [0.5, 0.6) is 0 Å². The molecule has 0 saturated carbocycles. The number of anilines is 1. The monoisotopic (exact) mass is 478 g/mol. The number of benzene rings is 1. The Morgan fingerprint density at radius 3 is 2.71 bits per heavy atom. The Morgan fingerprint density at radius 1 is 1.15 bits per heavy atom. The van der Waals surface area contributed by atoms with Gasteiger partial charge in [0.25, 0.3) is 5.91 Å². The highest BCUT2D eigenvalue weighted by atomic mass is 32.1. The summed E-state index contributed by atoms with van der Waals surface area (Å²) in [7, 11) is 2.11. The first kappa shape index (κ1) is 22.6. The molecule has 1 fully saturated rings. The third kappa shape index (κ3) is 4.33. The summed E-state index contributed by atoms with van der Waals surface area (Å²) < 4.78 is 0. The molecule has 2 unspecified atom stereocenters. The summed E-state index contributed by atoms with van der Waals surface area (Å²) in [6.07, 6.45) is 1.60. The molecule has 2 aromatic heterocycles. The van der Waals surface area contributed by atoms with E-state index in [0.717, 1.165) is 37.2 Å². The van der Waals surface area contributed by atoms with Crippen LogP contribution in [-0.4, -0.2) is 69.6 Å². The minimum absolute atomic E-state index is 0.0565. The second-order valence-electron chi connectivity index (χ2n) is 9.03. The molecule has 0 bridgehead atoms. The molecule has 8 nitrogen and oxygen atoms in total. The predicted molar refractivity (Wildman–Crippen MR) is 133 cm³/mol. The first-order valence-electron chi connectivity index (χ1n) is 11.8. The van der Waals surface area contributed by atoms with Gasteiger partial charge >= 0.3 is 6.03 Å². The number of nitrogens with zero attached hydrogens (tertiary/aromatic N) is 4. The molecule has 178 valence electrons. The van der Waals surface area contributed by atoms with Crippen molar-refractivity contribution in [3.63, 3.8) is 0 Å². The average molecular weight is 479 g/mol. The number of urea groups is 1. The van der Waals surface area contributed by atoms with Gasteiger partial charge in [0, 0.05) is 25.2 Å². The first-order chi connectivity index (χ1) is 16.5. The average Bonchev–Trinajstić information content (AvgIpc) is 3.57. The number of carbonyl (C=O) groups excluding carboxylic acids is 2. The SMILES string of the molecule is CCC1c2[nH]nc(NC(=O)c3cccs3)c2CN1C(=O)N1CCN(C)CC1Cc1ccccc1. The summed E-state index contributed by atoms with van der Waals surface area (Å²) in [4.78, 5) is 33.4. The summed E-state index contributed by atoms with van der Waals surface area (Å²) in [6, 6.07) is 14.1. The highest BCUT2D eigenvalue weighted by Gasteiger charge is 2.41. The molecule has 34 heavy (non-hydrogen) atoms. The largest absolute Gasteiger partial charge is 0.321 e. The Kier molecular flexibility index (Phi) is 6.38. The Hall–Kier alpha value is -3.17. The highest BCUT2D eigenvalue weighted by molar-refractivity contribution is 7.12. The smallest absolute Gasteiger partial charge is 0.319 e. The van der Waals surface area contributed by atoms with Crippen LogP contribution in [0.3, 0.4) is 0 Å². The van der Waals surface area contributed by atoms with Crippen LogP contribution in [0.15, 0.2) is 47.8 Å². The minimum atomic E-state index is -0.177. The number of aromatic amines is 1. The van der Waals surface area contributed by atoms with Crippen molar-refractivity contribution in [1.29, 1.82) is 0 Å². The van der Waals surface area contributed by atoms with Crippen LogP contribution in [-0.2, 0) is 13.0 Å². The van der Waals surface area contributed by atoms with Crippen LogP contribution < -0.4 is 5.32 Å². The van der Waals surface area contributed by atoms with Crippen molar-refractivity contribution < 1.29 is 9.59 Å². The number of carbonyl (C=O) groups is 2. The molecular formula is C25H30N6O2S. The van der Waals surface area contributed by atoms with Crippen molar-refractivity contribution in [3.8, 4) is 0 Å².